The number of rotatable bonds is 4. The Labute approximate surface area is 368 Å². The van der Waals surface area contributed by atoms with E-state index in [1.807, 2.05) is 54.6 Å². The van der Waals surface area contributed by atoms with Crippen LogP contribution in [0.25, 0.3) is 111 Å². The molecule has 0 unspecified atom stereocenters. The Hall–Kier alpha value is -7.44. The quantitative estimate of drug-likeness (QED) is 0.176. The van der Waals surface area contributed by atoms with Gasteiger partial charge in [-0.05, 0) is 144 Å². The average molecular weight is 825 g/mol. The summed E-state index contributed by atoms with van der Waals surface area (Å²) < 4.78 is 12.8. The van der Waals surface area contributed by atoms with Crippen molar-refractivity contribution in [3.05, 3.63) is 169 Å². The molecule has 4 aromatic heterocycles. The highest BCUT2D eigenvalue weighted by atomic mass is 16.3. The Bertz CT molecular complexity index is 3760. The van der Waals surface area contributed by atoms with Gasteiger partial charge in [-0.2, -0.15) is 0 Å². The minimum atomic E-state index is -0.0124. The highest BCUT2D eigenvalue weighted by molar-refractivity contribution is 6.12. The van der Waals surface area contributed by atoms with Crippen molar-refractivity contribution in [1.29, 1.82) is 0 Å². The van der Waals surface area contributed by atoms with E-state index in [1.165, 1.54) is 54.4 Å². The molecule has 1 spiro atoms. The molecule has 4 fully saturated rings. The van der Waals surface area contributed by atoms with Crippen molar-refractivity contribution in [2.75, 3.05) is 0 Å². The zero-order valence-corrected chi connectivity index (χ0v) is 35.0. The number of hydrogen-bond donors (Lipinski definition) is 0. The summed E-state index contributed by atoms with van der Waals surface area (Å²) in [5, 5.41) is 5.28. The highest BCUT2D eigenvalue weighted by Crippen LogP contribution is 2.70. The fourth-order valence-electron chi connectivity index (χ4n) is 13.4. The van der Waals surface area contributed by atoms with Crippen LogP contribution in [-0.4, -0.2) is 19.9 Å². The van der Waals surface area contributed by atoms with Crippen LogP contribution < -0.4 is 0 Å². The van der Waals surface area contributed by atoms with E-state index < -0.39 is 0 Å². The third-order valence-electron chi connectivity index (χ3n) is 15.7. The van der Waals surface area contributed by atoms with E-state index in [1.54, 1.807) is 0 Å². The molecule has 11 aromatic rings. The molecule has 16 rings (SSSR count). The maximum absolute atomic E-state index is 6.42. The Kier molecular flexibility index (Phi) is 7.03. The summed E-state index contributed by atoms with van der Waals surface area (Å²) in [6.45, 7) is 0. The summed E-state index contributed by atoms with van der Waals surface area (Å²) in [6.07, 6.45) is 6.69. The largest absolute Gasteiger partial charge is 0.456 e. The topological polar surface area (TPSA) is 77.8 Å². The summed E-state index contributed by atoms with van der Waals surface area (Å²) in [5.74, 6) is 4.67. The number of para-hydroxylation sites is 3. The van der Waals surface area contributed by atoms with E-state index in [9.17, 15) is 0 Å². The number of fused-ring (bicyclic) bond motifs is 10. The maximum atomic E-state index is 6.42. The van der Waals surface area contributed by atoms with Crippen LogP contribution in [0.1, 0.15) is 43.2 Å². The molecule has 6 heteroatoms. The smallest absolute Gasteiger partial charge is 0.182 e. The van der Waals surface area contributed by atoms with Gasteiger partial charge in [-0.25, -0.2) is 19.9 Å². The van der Waals surface area contributed by atoms with Crippen molar-refractivity contribution in [3.63, 3.8) is 0 Å². The summed E-state index contributed by atoms with van der Waals surface area (Å²) >= 11 is 0. The Morgan fingerprint density at radius 3 is 1.92 bits per heavy atom. The second-order valence-corrected chi connectivity index (χ2v) is 18.9. The molecule has 7 aromatic carbocycles. The van der Waals surface area contributed by atoms with Crippen molar-refractivity contribution in [2.24, 2.45) is 23.7 Å². The molecular weight excluding hydrogens is 785 g/mol. The van der Waals surface area contributed by atoms with E-state index in [4.69, 9.17) is 28.8 Å². The van der Waals surface area contributed by atoms with Crippen molar-refractivity contribution in [3.8, 4) is 56.5 Å². The number of pyridine rings is 1. The van der Waals surface area contributed by atoms with E-state index >= 15 is 0 Å². The van der Waals surface area contributed by atoms with Gasteiger partial charge < -0.3 is 8.83 Å². The molecule has 0 aliphatic heterocycles. The van der Waals surface area contributed by atoms with Crippen molar-refractivity contribution in [2.45, 2.75) is 37.5 Å². The number of benzene rings is 7. The van der Waals surface area contributed by atoms with Gasteiger partial charge in [0.2, 0.25) is 0 Å². The van der Waals surface area contributed by atoms with E-state index in [0.717, 1.165) is 88.9 Å². The summed E-state index contributed by atoms with van der Waals surface area (Å²) in [4.78, 5) is 21.5. The molecule has 0 radical (unpaired) electrons. The van der Waals surface area contributed by atoms with Crippen LogP contribution in [-0.2, 0) is 5.41 Å². The molecule has 0 N–H and O–H groups in total. The lowest BCUT2D eigenvalue weighted by molar-refractivity contribution is -0.0399. The summed E-state index contributed by atoms with van der Waals surface area (Å²) in [7, 11) is 0. The molecule has 6 nitrogen and oxygen atoms in total. The fourth-order valence-corrected chi connectivity index (χ4v) is 13.4. The minimum Gasteiger partial charge on any atom is -0.456 e. The number of nitrogens with zero attached hydrogens (tertiary/aromatic N) is 4. The molecule has 4 heterocycles. The first-order chi connectivity index (χ1) is 31.6. The molecule has 64 heavy (non-hydrogen) atoms. The summed E-state index contributed by atoms with van der Waals surface area (Å²) in [5.41, 5.74) is 14.7. The lowest BCUT2D eigenvalue weighted by atomic mass is 9.43. The highest BCUT2D eigenvalue weighted by Gasteiger charge is 2.61. The van der Waals surface area contributed by atoms with E-state index in [-0.39, 0.29) is 5.41 Å². The lowest BCUT2D eigenvalue weighted by Crippen LogP contribution is -2.55. The minimum absolute atomic E-state index is 0.0124. The van der Waals surface area contributed by atoms with Crippen LogP contribution in [0.5, 0.6) is 0 Å². The lowest BCUT2D eigenvalue weighted by Gasteiger charge is -2.61. The van der Waals surface area contributed by atoms with Crippen LogP contribution in [0, 0.1) is 23.7 Å². The van der Waals surface area contributed by atoms with E-state index in [2.05, 4.69) is 103 Å². The standard InChI is InChI=1S/C58H40N4O2/c1-6-16-48-34(10-1)20-22-49(59-48)57-61-55(41-14-9-19-53-54(41)40-13-4-8-18-51(40)64-53)60-56(62-57)45-30-43-38-11-2-5-15-46(38)58(36-25-32-24-33(27-36)28-37(58)26-32)47(43)31-42(45)35-21-23-52-44(29-35)39-12-3-7-17-50(39)63-52/h1-23,29-33,36-37H,24-28H2. The Morgan fingerprint density at radius 2 is 1.06 bits per heavy atom. The molecule has 5 aliphatic rings. The Balaban J connectivity index is 1.04. The van der Waals surface area contributed by atoms with Crippen LogP contribution in [0.3, 0.4) is 0 Å². The van der Waals surface area contributed by atoms with Gasteiger partial charge in [-0.15, -0.1) is 0 Å². The van der Waals surface area contributed by atoms with Crippen molar-refractivity contribution >= 4 is 54.8 Å². The first kappa shape index (κ1) is 35.1. The summed E-state index contributed by atoms with van der Waals surface area (Å²) in [6, 6.07) is 56.1. The van der Waals surface area contributed by atoms with Gasteiger partial charge in [0.25, 0.3) is 0 Å². The predicted molar refractivity (Wildman–Crippen MR) is 255 cm³/mol. The maximum Gasteiger partial charge on any atom is 0.182 e. The molecule has 0 amide bonds. The van der Waals surface area contributed by atoms with Gasteiger partial charge in [0, 0.05) is 43.5 Å². The molecular formula is C58H40N4O2. The third-order valence-corrected chi connectivity index (χ3v) is 15.7. The zero-order valence-electron chi connectivity index (χ0n) is 35.0. The van der Waals surface area contributed by atoms with Crippen molar-refractivity contribution in [1.82, 2.24) is 19.9 Å². The molecule has 304 valence electrons. The molecule has 0 atom stereocenters. The predicted octanol–water partition coefficient (Wildman–Crippen LogP) is 14.6. The molecule has 5 aliphatic carbocycles. The normalized spacial score (nSPS) is 21.8. The number of hydrogen-bond acceptors (Lipinski definition) is 6. The van der Waals surface area contributed by atoms with Gasteiger partial charge in [-0.1, -0.05) is 103 Å². The monoisotopic (exact) mass is 824 g/mol. The SMILES string of the molecule is c1ccc2c(c1)-c1cc(-c3nc(-c4ccc5ccccc5n4)nc(-c4cccc5oc6ccccc6c45)n3)c(-c3ccc4oc5ccccc5c4c3)cc1C21C2CC3CC(C2)CC1C3. The fraction of sp³-hybridized carbons (Fsp3) is 0.172. The van der Waals surface area contributed by atoms with Crippen LogP contribution >= 0.6 is 0 Å². The zero-order chi connectivity index (χ0) is 41.7. The molecule has 4 saturated carbocycles. The van der Waals surface area contributed by atoms with Gasteiger partial charge in [-0.3, -0.25) is 0 Å². The van der Waals surface area contributed by atoms with Crippen LogP contribution in [0.15, 0.2) is 167 Å². The van der Waals surface area contributed by atoms with Crippen molar-refractivity contribution < 1.29 is 8.83 Å². The van der Waals surface area contributed by atoms with E-state index in [0.29, 0.717) is 35.0 Å². The van der Waals surface area contributed by atoms with Gasteiger partial charge >= 0.3 is 0 Å². The van der Waals surface area contributed by atoms with Gasteiger partial charge in [0.05, 0.1) is 5.52 Å². The van der Waals surface area contributed by atoms with Crippen LogP contribution in [0.4, 0.5) is 0 Å². The van der Waals surface area contributed by atoms with Gasteiger partial charge in [0.15, 0.2) is 17.5 Å². The molecule has 4 bridgehead atoms. The number of furan rings is 2. The average Bonchev–Trinajstić information content (AvgIpc) is 4.00. The first-order valence-electron chi connectivity index (χ1n) is 22.9. The second-order valence-electron chi connectivity index (χ2n) is 18.9. The van der Waals surface area contributed by atoms with Gasteiger partial charge in [0.1, 0.15) is 28.0 Å². The third kappa shape index (κ3) is 4.80. The molecule has 0 saturated heterocycles. The second kappa shape index (κ2) is 12.8. The first-order valence-corrected chi connectivity index (χ1v) is 22.9. The number of aromatic nitrogens is 4. The van der Waals surface area contributed by atoms with Crippen LogP contribution in [0.2, 0.25) is 0 Å². The Morgan fingerprint density at radius 1 is 0.406 bits per heavy atom.